The van der Waals surface area contributed by atoms with E-state index < -0.39 is 28.7 Å². The van der Waals surface area contributed by atoms with Gasteiger partial charge in [-0.15, -0.1) is 0 Å². The summed E-state index contributed by atoms with van der Waals surface area (Å²) in [6, 6.07) is 17.4. The maximum atomic E-state index is 13.8. The van der Waals surface area contributed by atoms with Crippen molar-refractivity contribution in [3.63, 3.8) is 0 Å². The molecule has 0 bridgehead atoms. The Labute approximate surface area is 346 Å². The summed E-state index contributed by atoms with van der Waals surface area (Å²) >= 11 is 5.71. The van der Waals surface area contributed by atoms with Crippen molar-refractivity contribution in [2.24, 2.45) is 5.92 Å². The van der Waals surface area contributed by atoms with Gasteiger partial charge in [-0.2, -0.15) is 18.4 Å². The van der Waals surface area contributed by atoms with E-state index in [0.717, 1.165) is 33.7 Å². The Morgan fingerprint density at radius 3 is 2.49 bits per heavy atom. The smallest absolute Gasteiger partial charge is 0.417 e. The number of imide groups is 1. The third-order valence-electron chi connectivity index (χ3n) is 11.2. The minimum absolute atomic E-state index is 0.00377. The maximum absolute atomic E-state index is 13.8. The number of aryl methyl sites for hydroxylation is 1. The number of halogens is 3. The molecule has 12 nitrogen and oxygen atoms in total. The van der Waals surface area contributed by atoms with E-state index in [9.17, 15) is 42.7 Å². The van der Waals surface area contributed by atoms with Crippen LogP contribution in [0.25, 0.3) is 0 Å². The number of carbonyl (C=O) groups is 4. The van der Waals surface area contributed by atoms with Crippen molar-refractivity contribution < 1.29 is 42.2 Å². The number of aliphatic hydroxyl groups excluding tert-OH is 1. The average Bonchev–Trinajstić information content (AvgIpc) is 3.37. The molecule has 3 aliphatic rings. The van der Waals surface area contributed by atoms with E-state index in [4.69, 9.17) is 17.0 Å². The summed E-state index contributed by atoms with van der Waals surface area (Å²) in [5, 5.41) is 21.9. The number of ether oxygens (including phenoxy) is 1. The number of ketones is 1. The number of hydrogen-bond acceptors (Lipinski definition) is 10. The molecule has 3 aliphatic heterocycles. The Bertz CT molecular complexity index is 2170. The first kappa shape index (κ1) is 43.4. The van der Waals surface area contributed by atoms with Crippen molar-refractivity contribution in [3.05, 3.63) is 88.5 Å². The molecule has 312 valence electrons. The second-order valence-electron chi connectivity index (χ2n) is 15.6. The predicted octanol–water partition coefficient (Wildman–Crippen LogP) is 4.82. The zero-order valence-electron chi connectivity index (χ0n) is 33.2. The molecule has 3 fully saturated rings. The fourth-order valence-electron chi connectivity index (χ4n) is 8.00. The first-order valence-electron chi connectivity index (χ1n) is 19.6. The second-order valence-corrected chi connectivity index (χ2v) is 16.0. The summed E-state index contributed by atoms with van der Waals surface area (Å²) in [5.74, 6) is -0.646. The average molecular weight is 833 g/mol. The van der Waals surface area contributed by atoms with Gasteiger partial charge in [0.05, 0.1) is 36.0 Å². The normalized spacial score (nSPS) is 20.2. The summed E-state index contributed by atoms with van der Waals surface area (Å²) in [6.45, 7) is 8.05. The van der Waals surface area contributed by atoms with Crippen LogP contribution in [0.1, 0.15) is 61.4 Å². The molecule has 16 heteroatoms. The van der Waals surface area contributed by atoms with Crippen LogP contribution in [-0.2, 0) is 44.6 Å². The lowest BCUT2D eigenvalue weighted by molar-refractivity contribution is -0.138. The van der Waals surface area contributed by atoms with Crippen LogP contribution in [0.15, 0.2) is 60.7 Å². The van der Waals surface area contributed by atoms with Gasteiger partial charge in [0.2, 0.25) is 11.8 Å². The number of nitriles is 1. The van der Waals surface area contributed by atoms with E-state index in [2.05, 4.69) is 10.2 Å². The van der Waals surface area contributed by atoms with Crippen molar-refractivity contribution in [1.82, 2.24) is 15.1 Å². The molecule has 3 aromatic rings. The lowest BCUT2D eigenvalue weighted by Crippen LogP contribution is -2.56. The van der Waals surface area contributed by atoms with Crippen molar-refractivity contribution in [3.8, 4) is 11.8 Å². The van der Waals surface area contributed by atoms with Crippen LogP contribution in [0.2, 0.25) is 0 Å². The molecule has 0 radical (unpaired) electrons. The summed E-state index contributed by atoms with van der Waals surface area (Å²) in [6.07, 6.45) is -2.67. The number of hydrogen-bond donors (Lipinski definition) is 2. The first-order chi connectivity index (χ1) is 28.0. The van der Waals surface area contributed by atoms with Gasteiger partial charge in [0.1, 0.15) is 17.9 Å². The zero-order valence-corrected chi connectivity index (χ0v) is 34.0. The van der Waals surface area contributed by atoms with Gasteiger partial charge >= 0.3 is 6.18 Å². The largest absolute Gasteiger partial charge is 0.492 e. The molecule has 0 saturated carbocycles. The number of anilines is 2. The van der Waals surface area contributed by atoms with Crippen LogP contribution < -0.4 is 19.9 Å². The minimum Gasteiger partial charge on any atom is -0.492 e. The van der Waals surface area contributed by atoms with Crippen LogP contribution in [0.3, 0.4) is 0 Å². The number of piperazine rings is 1. The Morgan fingerprint density at radius 2 is 1.80 bits per heavy atom. The highest BCUT2D eigenvalue weighted by molar-refractivity contribution is 7.81. The minimum atomic E-state index is -4.80. The molecule has 3 saturated heterocycles. The molecule has 3 heterocycles. The zero-order chi connectivity index (χ0) is 42.6. The molecule has 59 heavy (non-hydrogen) atoms. The van der Waals surface area contributed by atoms with Crippen LogP contribution in [0.4, 0.5) is 24.5 Å². The number of nitrogens with one attached hydrogen (secondary N) is 1. The van der Waals surface area contributed by atoms with Crippen LogP contribution in [-0.4, -0.2) is 101 Å². The monoisotopic (exact) mass is 832 g/mol. The summed E-state index contributed by atoms with van der Waals surface area (Å²) < 4.78 is 47.6. The number of rotatable bonds is 14. The Kier molecular flexibility index (Phi) is 13.2. The van der Waals surface area contributed by atoms with Crippen LogP contribution in [0, 0.1) is 17.2 Å². The highest BCUT2D eigenvalue weighted by atomic mass is 32.1. The SMILES string of the molecule is CCc1cc(N2C(=S)N(c3ccc(C#N)c(C(F)(F)F)c3)C(=O)C2(C)C)ccc1OCCN1CCN(CC(=O)Cc2cccc(CC3CCC(=O)NC3=O)c2)[C@@H](CO)C1. The Hall–Kier alpha value is -5.21. The van der Waals surface area contributed by atoms with Gasteiger partial charge in [-0.25, -0.2) is 0 Å². The summed E-state index contributed by atoms with van der Waals surface area (Å²) in [5.41, 5.74) is 0.169. The molecule has 0 aliphatic carbocycles. The van der Waals surface area contributed by atoms with E-state index in [1.807, 2.05) is 42.2 Å². The van der Waals surface area contributed by atoms with Gasteiger partial charge in [-0.1, -0.05) is 31.2 Å². The van der Waals surface area contributed by atoms with Crippen molar-refractivity contribution in [1.29, 1.82) is 5.26 Å². The fraction of sp³-hybridized carbons (Fsp3) is 0.442. The highest BCUT2D eigenvalue weighted by Crippen LogP contribution is 2.40. The third kappa shape index (κ3) is 9.65. The van der Waals surface area contributed by atoms with Crippen LogP contribution >= 0.6 is 12.2 Å². The number of aliphatic hydroxyl groups is 1. The van der Waals surface area contributed by atoms with E-state index in [1.54, 1.807) is 36.9 Å². The van der Waals surface area contributed by atoms with E-state index >= 15 is 0 Å². The van der Waals surface area contributed by atoms with Gasteiger partial charge in [-0.3, -0.25) is 39.2 Å². The Morgan fingerprint density at radius 1 is 1.05 bits per heavy atom. The molecular weight excluding hydrogens is 786 g/mol. The fourth-order valence-corrected chi connectivity index (χ4v) is 8.52. The molecule has 3 amide bonds. The van der Waals surface area contributed by atoms with Gasteiger partial charge in [-0.05, 0) is 98.4 Å². The number of piperidine rings is 1. The van der Waals surface area contributed by atoms with Crippen molar-refractivity contribution >= 4 is 52.2 Å². The first-order valence-corrected chi connectivity index (χ1v) is 20.0. The molecule has 3 aromatic carbocycles. The second kappa shape index (κ2) is 18.0. The molecule has 1 unspecified atom stereocenters. The summed E-state index contributed by atoms with van der Waals surface area (Å²) in [4.78, 5) is 57.5. The topological polar surface area (TPSA) is 147 Å². The number of Topliss-reactive ketones (excluding diaryl/α,β-unsaturated/α-hetero) is 1. The van der Waals surface area contributed by atoms with Crippen LogP contribution in [0.5, 0.6) is 5.75 Å². The molecule has 0 aromatic heterocycles. The van der Waals surface area contributed by atoms with Gasteiger partial charge in [0.25, 0.3) is 5.91 Å². The standard InChI is InChI=1S/C43H47F3N6O6S/c1-4-29-21-33(52-41(59)51(40(57)42(52,2)3)32-10-8-31(23-47)36(22-32)43(44,45)46)11-12-37(29)58-17-16-49-14-15-50(34(24-49)26-53)25-35(54)20-28-7-5-6-27(18-28)19-30-9-13-38(55)48-39(30)56/h5-8,10-12,18,21-22,30,34,53H,4,9,13-17,19-20,24-26H2,1-3H3,(H,48,55,56)/t30?,34-/m1/s1. The summed E-state index contributed by atoms with van der Waals surface area (Å²) in [7, 11) is 0. The predicted molar refractivity (Wildman–Crippen MR) is 218 cm³/mol. The highest BCUT2D eigenvalue weighted by Gasteiger charge is 2.51. The number of amides is 3. The number of nitrogens with zero attached hydrogens (tertiary/aromatic N) is 5. The molecular formula is C43H47F3N6O6S. The number of benzene rings is 3. The number of thiocarbonyl (C=S) groups is 1. The van der Waals surface area contributed by atoms with Gasteiger partial charge in [0, 0.05) is 56.7 Å². The number of alkyl halides is 3. The van der Waals surface area contributed by atoms with E-state index in [0.29, 0.717) is 69.9 Å². The maximum Gasteiger partial charge on any atom is 0.417 e. The quantitative estimate of drug-likeness (QED) is 0.170. The lowest BCUT2D eigenvalue weighted by atomic mass is 9.90. The van der Waals surface area contributed by atoms with Gasteiger partial charge < -0.3 is 14.7 Å². The van der Waals surface area contributed by atoms with Crippen molar-refractivity contribution in [2.45, 2.75) is 70.6 Å². The molecule has 0 spiro atoms. The van der Waals surface area contributed by atoms with Gasteiger partial charge in [0.15, 0.2) is 10.9 Å². The van der Waals surface area contributed by atoms with E-state index in [1.165, 1.54) is 6.07 Å². The number of carbonyl (C=O) groups excluding carboxylic acids is 4. The van der Waals surface area contributed by atoms with Crippen molar-refractivity contribution in [2.75, 3.05) is 55.7 Å². The molecule has 6 rings (SSSR count). The van der Waals surface area contributed by atoms with E-state index in [-0.39, 0.29) is 59.9 Å². The third-order valence-corrected chi connectivity index (χ3v) is 11.6. The lowest BCUT2D eigenvalue weighted by Gasteiger charge is -2.40. The molecule has 2 N–H and O–H groups in total. The molecule has 2 atom stereocenters. The Balaban J connectivity index is 1.03.